The van der Waals surface area contributed by atoms with E-state index in [4.69, 9.17) is 9.47 Å². The molecule has 116 valence electrons. The molecule has 0 saturated heterocycles. The molecule has 3 rings (SSSR count). The van der Waals surface area contributed by atoms with Gasteiger partial charge in [-0.3, -0.25) is 4.79 Å². The summed E-state index contributed by atoms with van der Waals surface area (Å²) >= 11 is 2.81. The molecule has 0 saturated carbocycles. The van der Waals surface area contributed by atoms with Crippen LogP contribution in [-0.2, 0) is 4.79 Å². The lowest BCUT2D eigenvalue weighted by Crippen LogP contribution is -2.28. The Balaban J connectivity index is 1.56. The highest BCUT2D eigenvalue weighted by Gasteiger charge is 2.16. The fraction of sp³-hybridized carbons (Fsp3) is 0.357. The number of ether oxygens (including phenoxy) is 2. The molecule has 1 aromatic heterocycles. The molecule has 0 bridgehead atoms. The Bertz CT molecular complexity index is 649. The third kappa shape index (κ3) is 3.69. The van der Waals surface area contributed by atoms with E-state index in [2.05, 4.69) is 15.5 Å². The van der Waals surface area contributed by atoms with Gasteiger partial charge in [0.05, 0.1) is 11.8 Å². The first-order valence-corrected chi connectivity index (χ1v) is 8.67. The molecule has 0 fully saturated rings. The number of thioether (sulfide) groups is 1. The zero-order valence-corrected chi connectivity index (χ0v) is 13.6. The van der Waals surface area contributed by atoms with Crippen molar-refractivity contribution in [1.29, 1.82) is 0 Å². The first-order valence-electron chi connectivity index (χ1n) is 6.80. The monoisotopic (exact) mass is 337 g/mol. The van der Waals surface area contributed by atoms with Crippen molar-refractivity contribution in [2.75, 3.05) is 19.0 Å². The summed E-state index contributed by atoms with van der Waals surface area (Å²) in [5.41, 5.74) is 2.64. The molecular formula is C14H15N3O3S2. The number of carbonyl (C=O) groups excluding carboxylic acids is 1. The summed E-state index contributed by atoms with van der Waals surface area (Å²) in [6.45, 7) is 3.07. The standard InChI is InChI=1S/C14H15N3O3S2/c1-9(16-13(18)7-21-14-17-15-8-22-14)10-2-3-11-12(6-10)20-5-4-19-11/h2-3,6,8-9H,4-5,7H2,1H3,(H,16,18)/t9-/m1/s1. The molecule has 1 aliphatic heterocycles. The molecule has 1 aliphatic rings. The van der Waals surface area contributed by atoms with Crippen LogP contribution in [0.1, 0.15) is 18.5 Å². The maximum atomic E-state index is 12.0. The van der Waals surface area contributed by atoms with E-state index in [1.165, 1.54) is 23.1 Å². The molecule has 0 unspecified atom stereocenters. The number of aromatic nitrogens is 2. The fourth-order valence-electron chi connectivity index (χ4n) is 2.05. The van der Waals surface area contributed by atoms with E-state index in [0.29, 0.717) is 19.0 Å². The average Bonchev–Trinajstić information content (AvgIpc) is 3.06. The van der Waals surface area contributed by atoms with E-state index in [-0.39, 0.29) is 11.9 Å². The van der Waals surface area contributed by atoms with Gasteiger partial charge in [0.15, 0.2) is 15.8 Å². The first kappa shape index (κ1) is 15.1. The second-order valence-electron chi connectivity index (χ2n) is 4.69. The van der Waals surface area contributed by atoms with Crippen molar-refractivity contribution in [2.45, 2.75) is 17.3 Å². The van der Waals surface area contributed by atoms with Gasteiger partial charge in [0.2, 0.25) is 5.91 Å². The van der Waals surface area contributed by atoms with Crippen molar-refractivity contribution in [2.24, 2.45) is 0 Å². The predicted octanol–water partition coefficient (Wildman–Crippen LogP) is 2.28. The van der Waals surface area contributed by atoms with Crippen LogP contribution in [0, 0.1) is 0 Å². The van der Waals surface area contributed by atoms with Crippen LogP contribution in [0.15, 0.2) is 28.0 Å². The molecular weight excluding hydrogens is 322 g/mol. The molecule has 1 N–H and O–H groups in total. The van der Waals surface area contributed by atoms with Gasteiger partial charge in [-0.05, 0) is 24.6 Å². The summed E-state index contributed by atoms with van der Waals surface area (Å²) in [4.78, 5) is 12.0. The van der Waals surface area contributed by atoms with Crippen LogP contribution in [0.25, 0.3) is 0 Å². The molecule has 2 heterocycles. The Morgan fingerprint density at radius 1 is 1.41 bits per heavy atom. The summed E-state index contributed by atoms with van der Waals surface area (Å²) < 4.78 is 11.8. The molecule has 0 radical (unpaired) electrons. The van der Waals surface area contributed by atoms with Gasteiger partial charge >= 0.3 is 0 Å². The number of nitrogens with zero attached hydrogens (tertiary/aromatic N) is 2. The number of fused-ring (bicyclic) bond motifs is 1. The minimum Gasteiger partial charge on any atom is -0.486 e. The number of carbonyl (C=O) groups is 1. The van der Waals surface area contributed by atoms with E-state index in [1.807, 2.05) is 25.1 Å². The van der Waals surface area contributed by atoms with Crippen molar-refractivity contribution < 1.29 is 14.3 Å². The van der Waals surface area contributed by atoms with Crippen LogP contribution < -0.4 is 14.8 Å². The van der Waals surface area contributed by atoms with Gasteiger partial charge in [-0.25, -0.2) is 0 Å². The van der Waals surface area contributed by atoms with Gasteiger partial charge in [0.1, 0.15) is 18.7 Å². The van der Waals surface area contributed by atoms with E-state index in [9.17, 15) is 4.79 Å². The number of rotatable bonds is 5. The Morgan fingerprint density at radius 3 is 3.00 bits per heavy atom. The van der Waals surface area contributed by atoms with E-state index in [0.717, 1.165) is 21.4 Å². The van der Waals surface area contributed by atoms with Crippen molar-refractivity contribution in [3.8, 4) is 11.5 Å². The number of hydrogen-bond acceptors (Lipinski definition) is 7. The van der Waals surface area contributed by atoms with Crippen LogP contribution >= 0.6 is 23.1 Å². The average molecular weight is 337 g/mol. The minimum atomic E-state index is -0.0988. The third-order valence-corrected chi connectivity index (χ3v) is 4.97. The quantitative estimate of drug-likeness (QED) is 0.844. The Hall–Kier alpha value is -1.80. The van der Waals surface area contributed by atoms with E-state index in [1.54, 1.807) is 5.51 Å². The Labute approximate surface area is 136 Å². The van der Waals surface area contributed by atoms with Crippen LogP contribution in [-0.4, -0.2) is 35.1 Å². The zero-order chi connectivity index (χ0) is 15.4. The van der Waals surface area contributed by atoms with Crippen LogP contribution in [0.5, 0.6) is 11.5 Å². The highest BCUT2D eigenvalue weighted by Crippen LogP contribution is 2.32. The van der Waals surface area contributed by atoms with E-state index < -0.39 is 0 Å². The predicted molar refractivity (Wildman–Crippen MR) is 84.6 cm³/mol. The number of hydrogen-bond donors (Lipinski definition) is 1. The van der Waals surface area contributed by atoms with Gasteiger partial charge in [0, 0.05) is 0 Å². The molecule has 0 aliphatic carbocycles. The SMILES string of the molecule is C[C@@H](NC(=O)CSc1nncs1)c1ccc2c(c1)OCCO2. The summed E-state index contributed by atoms with van der Waals surface area (Å²) in [6, 6.07) is 5.63. The van der Waals surface area contributed by atoms with Crippen molar-refractivity contribution in [3.63, 3.8) is 0 Å². The molecule has 1 atom stereocenters. The molecule has 6 nitrogen and oxygen atoms in total. The summed E-state index contributed by atoms with van der Waals surface area (Å²) in [5.74, 6) is 1.76. The minimum absolute atomic E-state index is 0.0393. The molecule has 2 aromatic rings. The number of nitrogens with one attached hydrogen (secondary N) is 1. The first-order chi connectivity index (χ1) is 10.7. The van der Waals surface area contributed by atoms with Crippen molar-refractivity contribution in [1.82, 2.24) is 15.5 Å². The maximum absolute atomic E-state index is 12.0. The van der Waals surface area contributed by atoms with Crippen LogP contribution in [0.3, 0.4) is 0 Å². The van der Waals surface area contributed by atoms with Crippen LogP contribution in [0.4, 0.5) is 0 Å². The molecule has 1 aromatic carbocycles. The van der Waals surface area contributed by atoms with Gasteiger partial charge < -0.3 is 14.8 Å². The van der Waals surface area contributed by atoms with Gasteiger partial charge in [-0.2, -0.15) is 0 Å². The van der Waals surface area contributed by atoms with Gasteiger partial charge in [0.25, 0.3) is 0 Å². The smallest absolute Gasteiger partial charge is 0.230 e. The van der Waals surface area contributed by atoms with Crippen molar-refractivity contribution in [3.05, 3.63) is 29.3 Å². The number of amides is 1. The second kappa shape index (κ2) is 6.97. The molecule has 22 heavy (non-hydrogen) atoms. The lowest BCUT2D eigenvalue weighted by molar-refractivity contribution is -0.119. The third-order valence-electron chi connectivity index (χ3n) is 3.11. The summed E-state index contributed by atoms with van der Waals surface area (Å²) in [6.07, 6.45) is 0. The number of benzene rings is 1. The van der Waals surface area contributed by atoms with Gasteiger partial charge in [-0.1, -0.05) is 29.2 Å². The highest BCUT2D eigenvalue weighted by atomic mass is 32.2. The second-order valence-corrected chi connectivity index (χ2v) is 6.74. The highest BCUT2D eigenvalue weighted by molar-refractivity contribution is 8.01. The van der Waals surface area contributed by atoms with Gasteiger partial charge in [-0.15, -0.1) is 10.2 Å². The largest absolute Gasteiger partial charge is 0.486 e. The Kier molecular flexibility index (Phi) is 4.79. The molecule has 8 heteroatoms. The van der Waals surface area contributed by atoms with Crippen LogP contribution in [0.2, 0.25) is 0 Å². The summed E-state index contributed by atoms with van der Waals surface area (Å²) in [7, 11) is 0. The topological polar surface area (TPSA) is 73.3 Å². The van der Waals surface area contributed by atoms with E-state index >= 15 is 0 Å². The van der Waals surface area contributed by atoms with Crippen molar-refractivity contribution >= 4 is 29.0 Å². The lowest BCUT2D eigenvalue weighted by Gasteiger charge is -2.21. The lowest BCUT2D eigenvalue weighted by atomic mass is 10.1. The molecule has 0 spiro atoms. The summed E-state index contributed by atoms with van der Waals surface area (Å²) in [5, 5.41) is 10.6. The maximum Gasteiger partial charge on any atom is 0.230 e. The Morgan fingerprint density at radius 2 is 2.23 bits per heavy atom. The normalized spacial score (nSPS) is 14.4. The molecule has 1 amide bonds. The fourth-order valence-corrected chi connectivity index (χ4v) is 3.35. The zero-order valence-electron chi connectivity index (χ0n) is 11.9.